The molecule has 0 atom stereocenters. The Hall–Kier alpha value is -2.67. The van der Waals surface area contributed by atoms with Crippen LogP contribution in [0.2, 0.25) is 0 Å². The van der Waals surface area contributed by atoms with Crippen LogP contribution in [0.15, 0.2) is 42.7 Å². The first kappa shape index (κ1) is 16.2. The number of carbonyl (C=O) groups excluding carboxylic acids is 1. The largest absolute Gasteiger partial charge is 0.494 e. The molecule has 0 unspecified atom stereocenters. The topological polar surface area (TPSA) is 67.3 Å². The van der Waals surface area contributed by atoms with Crippen LogP contribution in [0.25, 0.3) is 10.2 Å². The van der Waals surface area contributed by atoms with E-state index in [1.807, 2.05) is 42.3 Å². The van der Waals surface area contributed by atoms with Crippen LogP contribution < -0.4 is 15.0 Å². The van der Waals surface area contributed by atoms with Crippen molar-refractivity contribution in [1.29, 1.82) is 0 Å². The third kappa shape index (κ3) is 3.62. The molecule has 0 aliphatic heterocycles. The summed E-state index contributed by atoms with van der Waals surface area (Å²) >= 11 is 1.54. The first-order valence-electron chi connectivity index (χ1n) is 7.47. The summed E-state index contributed by atoms with van der Waals surface area (Å²) < 4.78 is 6.36. The molecule has 7 heteroatoms. The molecule has 2 heterocycles. The van der Waals surface area contributed by atoms with E-state index in [4.69, 9.17) is 4.74 Å². The predicted molar refractivity (Wildman–Crippen MR) is 95.5 cm³/mol. The monoisotopic (exact) mass is 342 g/mol. The lowest BCUT2D eigenvalue weighted by Gasteiger charge is -2.15. The summed E-state index contributed by atoms with van der Waals surface area (Å²) in [6, 6.07) is 9.59. The number of hydrogen-bond acceptors (Lipinski definition) is 6. The number of hydrogen-bond donors (Lipinski definition) is 1. The van der Waals surface area contributed by atoms with Gasteiger partial charge in [-0.25, -0.2) is 4.98 Å². The lowest BCUT2D eigenvalue weighted by Crippen LogP contribution is -2.34. The molecular weight excluding hydrogens is 324 g/mol. The Kier molecular flexibility index (Phi) is 4.90. The minimum Gasteiger partial charge on any atom is -0.494 e. The highest BCUT2D eigenvalue weighted by molar-refractivity contribution is 7.22. The van der Waals surface area contributed by atoms with E-state index in [-0.39, 0.29) is 12.5 Å². The van der Waals surface area contributed by atoms with Gasteiger partial charge in [0.15, 0.2) is 5.13 Å². The van der Waals surface area contributed by atoms with Crippen molar-refractivity contribution in [2.75, 3.05) is 25.6 Å². The maximum atomic E-state index is 12.1. The first-order valence-corrected chi connectivity index (χ1v) is 8.29. The summed E-state index contributed by atoms with van der Waals surface area (Å²) in [6.45, 7) is 0.705. The number of para-hydroxylation sites is 1. The summed E-state index contributed by atoms with van der Waals surface area (Å²) in [5.41, 5.74) is 1.79. The van der Waals surface area contributed by atoms with Crippen LogP contribution >= 0.6 is 11.3 Å². The fourth-order valence-electron chi connectivity index (χ4n) is 2.28. The van der Waals surface area contributed by atoms with Gasteiger partial charge in [-0.3, -0.25) is 9.78 Å². The molecule has 1 aromatic carbocycles. The second-order valence-electron chi connectivity index (χ2n) is 5.30. The van der Waals surface area contributed by atoms with Gasteiger partial charge in [-0.15, -0.1) is 0 Å². The van der Waals surface area contributed by atoms with Gasteiger partial charge in [-0.2, -0.15) is 0 Å². The smallest absolute Gasteiger partial charge is 0.239 e. The molecule has 0 radical (unpaired) electrons. The quantitative estimate of drug-likeness (QED) is 0.745. The van der Waals surface area contributed by atoms with Gasteiger partial charge in [0, 0.05) is 26.0 Å². The molecule has 3 aromatic rings. The van der Waals surface area contributed by atoms with E-state index in [1.165, 1.54) is 11.3 Å². The molecule has 1 N–H and O–H groups in total. The van der Waals surface area contributed by atoms with Crippen LogP contribution in [0, 0.1) is 0 Å². The zero-order valence-electron chi connectivity index (χ0n) is 13.5. The second-order valence-corrected chi connectivity index (χ2v) is 6.31. The lowest BCUT2D eigenvalue weighted by atomic mass is 10.3. The number of likely N-dealkylation sites (N-methyl/N-ethyl adjacent to an activating group) is 1. The molecule has 0 aliphatic rings. The predicted octanol–water partition coefficient (Wildman–Crippen LogP) is 2.45. The van der Waals surface area contributed by atoms with Crippen molar-refractivity contribution in [3.05, 3.63) is 48.3 Å². The van der Waals surface area contributed by atoms with Gasteiger partial charge in [-0.05, 0) is 23.8 Å². The summed E-state index contributed by atoms with van der Waals surface area (Å²) in [5.74, 6) is 0.678. The highest BCUT2D eigenvalue weighted by Crippen LogP contribution is 2.33. The van der Waals surface area contributed by atoms with Crippen LogP contribution in [0.1, 0.15) is 5.56 Å². The molecular formula is C17H18N4O2S. The number of nitrogens with one attached hydrogen (secondary N) is 1. The normalized spacial score (nSPS) is 10.6. The second kappa shape index (κ2) is 7.27. The Labute approximate surface area is 144 Å². The van der Waals surface area contributed by atoms with Crippen molar-refractivity contribution in [3.63, 3.8) is 0 Å². The zero-order chi connectivity index (χ0) is 16.9. The molecule has 124 valence electrons. The van der Waals surface area contributed by atoms with Crippen LogP contribution in [0.3, 0.4) is 0 Å². The van der Waals surface area contributed by atoms with Gasteiger partial charge in [0.25, 0.3) is 0 Å². The number of aromatic nitrogens is 2. The average molecular weight is 342 g/mol. The van der Waals surface area contributed by atoms with Crippen molar-refractivity contribution in [2.24, 2.45) is 0 Å². The van der Waals surface area contributed by atoms with Crippen molar-refractivity contribution >= 4 is 32.6 Å². The number of fused-ring (bicyclic) bond motifs is 1. The summed E-state index contributed by atoms with van der Waals surface area (Å²) in [4.78, 5) is 22.6. The van der Waals surface area contributed by atoms with Crippen LogP contribution in [0.5, 0.6) is 5.75 Å². The molecule has 0 aliphatic carbocycles. The van der Waals surface area contributed by atoms with Gasteiger partial charge >= 0.3 is 0 Å². The lowest BCUT2D eigenvalue weighted by molar-refractivity contribution is -0.119. The van der Waals surface area contributed by atoms with E-state index >= 15 is 0 Å². The minimum atomic E-state index is -0.0624. The number of rotatable bonds is 6. The van der Waals surface area contributed by atoms with E-state index < -0.39 is 0 Å². The number of thiazole rings is 1. The highest BCUT2D eigenvalue weighted by atomic mass is 32.1. The highest BCUT2D eigenvalue weighted by Gasteiger charge is 2.14. The molecule has 6 nitrogen and oxygen atoms in total. The van der Waals surface area contributed by atoms with Gasteiger partial charge < -0.3 is 15.0 Å². The van der Waals surface area contributed by atoms with E-state index in [1.54, 1.807) is 19.5 Å². The number of ether oxygens (including phenoxy) is 1. The Morgan fingerprint density at radius 1 is 1.33 bits per heavy atom. The number of benzene rings is 1. The van der Waals surface area contributed by atoms with Gasteiger partial charge in [0.05, 0.1) is 18.4 Å². The zero-order valence-corrected chi connectivity index (χ0v) is 14.3. The standard InChI is InChI=1S/C17H18N4O2S/c1-21(11-15(22)19-10-12-5-4-8-18-9-12)17-20-16-13(23-2)6-3-7-14(16)24-17/h3-9H,10-11H2,1-2H3,(H,19,22). The fraction of sp³-hybridized carbons (Fsp3) is 0.235. The number of carbonyl (C=O) groups is 1. The number of amides is 1. The number of pyridine rings is 1. The van der Waals surface area contributed by atoms with Gasteiger partial charge in [0.1, 0.15) is 11.3 Å². The molecule has 0 fully saturated rings. The molecule has 0 bridgehead atoms. The first-order chi connectivity index (χ1) is 11.7. The molecule has 2 aromatic heterocycles. The van der Waals surface area contributed by atoms with Crippen LogP contribution in [-0.4, -0.2) is 36.6 Å². The number of methoxy groups -OCH3 is 1. The molecule has 1 amide bonds. The molecule has 0 spiro atoms. The summed E-state index contributed by atoms with van der Waals surface area (Å²) in [7, 11) is 3.48. The van der Waals surface area contributed by atoms with Gasteiger partial charge in [-0.1, -0.05) is 23.5 Å². The van der Waals surface area contributed by atoms with Crippen LogP contribution in [0.4, 0.5) is 5.13 Å². The van der Waals surface area contributed by atoms with Crippen molar-refractivity contribution in [2.45, 2.75) is 6.54 Å². The minimum absolute atomic E-state index is 0.0624. The van der Waals surface area contributed by atoms with E-state index in [2.05, 4.69) is 15.3 Å². The maximum Gasteiger partial charge on any atom is 0.239 e. The molecule has 24 heavy (non-hydrogen) atoms. The Bertz CT molecular complexity index is 835. The number of nitrogens with zero attached hydrogens (tertiary/aromatic N) is 3. The average Bonchev–Trinajstić information content (AvgIpc) is 3.05. The van der Waals surface area contributed by atoms with E-state index in [0.717, 1.165) is 26.7 Å². The van der Waals surface area contributed by atoms with Crippen LogP contribution in [-0.2, 0) is 11.3 Å². The Balaban J connectivity index is 1.64. The van der Waals surface area contributed by atoms with Crippen molar-refractivity contribution in [1.82, 2.24) is 15.3 Å². The maximum absolute atomic E-state index is 12.1. The van der Waals surface area contributed by atoms with Crippen molar-refractivity contribution < 1.29 is 9.53 Å². The van der Waals surface area contributed by atoms with Gasteiger partial charge in [0.2, 0.25) is 5.91 Å². The van der Waals surface area contributed by atoms with E-state index in [9.17, 15) is 4.79 Å². The number of anilines is 1. The summed E-state index contributed by atoms with van der Waals surface area (Å²) in [6.07, 6.45) is 3.45. The Morgan fingerprint density at radius 2 is 2.21 bits per heavy atom. The fourth-order valence-corrected chi connectivity index (χ4v) is 3.23. The summed E-state index contributed by atoms with van der Waals surface area (Å²) in [5, 5.41) is 3.67. The van der Waals surface area contributed by atoms with E-state index in [0.29, 0.717) is 6.54 Å². The third-order valence-corrected chi connectivity index (χ3v) is 4.65. The SMILES string of the molecule is COc1cccc2sc(N(C)CC(=O)NCc3cccnc3)nc12. The molecule has 0 saturated carbocycles. The Morgan fingerprint density at radius 3 is 2.96 bits per heavy atom. The molecule has 0 saturated heterocycles. The third-order valence-electron chi connectivity index (χ3n) is 3.51. The van der Waals surface area contributed by atoms with Crippen molar-refractivity contribution in [3.8, 4) is 5.75 Å². The molecule has 3 rings (SSSR count).